The van der Waals surface area contributed by atoms with Gasteiger partial charge in [-0.05, 0) is 29.5 Å². The molecular weight excluding hydrogens is 290 g/mol. The van der Waals surface area contributed by atoms with Crippen molar-refractivity contribution >= 4 is 11.7 Å². The number of methoxy groups -OCH3 is 1. The summed E-state index contributed by atoms with van der Waals surface area (Å²) >= 11 is 0. The molecule has 1 aromatic carbocycles. The van der Waals surface area contributed by atoms with Crippen LogP contribution < -0.4 is 4.74 Å². The molecule has 1 amide bonds. The number of ketones is 1. The molecule has 0 fully saturated rings. The Hall–Kier alpha value is -2.10. The summed E-state index contributed by atoms with van der Waals surface area (Å²) in [4.78, 5) is 26.9. The monoisotopic (exact) mass is 313 g/mol. The smallest absolute Gasteiger partial charge is 0.227 e. The van der Waals surface area contributed by atoms with Crippen LogP contribution >= 0.6 is 0 Å². The van der Waals surface area contributed by atoms with Gasteiger partial charge in [-0.25, -0.2) is 0 Å². The molecule has 122 valence electrons. The van der Waals surface area contributed by atoms with E-state index in [2.05, 4.69) is 13.8 Å². The molecule has 1 heterocycles. The van der Waals surface area contributed by atoms with Crippen molar-refractivity contribution in [1.29, 1.82) is 0 Å². The lowest BCUT2D eigenvalue weighted by Gasteiger charge is -2.41. The minimum Gasteiger partial charge on any atom is -0.497 e. The fraction of sp³-hybridized carbons (Fsp3) is 0.474. The second-order valence-corrected chi connectivity index (χ2v) is 7.28. The SMILES string of the molecule is COc1ccc([C@H]2CC(=O)N(C)C3=C2C(=O)CC(C)(C)C3)cc1. The van der Waals surface area contributed by atoms with Crippen LogP contribution in [0.25, 0.3) is 0 Å². The predicted octanol–water partition coefficient (Wildman–Crippen LogP) is 3.28. The molecule has 4 heteroatoms. The molecule has 0 spiro atoms. The highest BCUT2D eigenvalue weighted by atomic mass is 16.5. The minimum atomic E-state index is -0.136. The van der Waals surface area contributed by atoms with E-state index in [0.29, 0.717) is 12.8 Å². The molecular formula is C19H23NO3. The second kappa shape index (κ2) is 5.52. The molecule has 23 heavy (non-hydrogen) atoms. The lowest BCUT2D eigenvalue weighted by atomic mass is 9.69. The number of rotatable bonds is 2. The van der Waals surface area contributed by atoms with Crippen LogP contribution in [-0.4, -0.2) is 30.7 Å². The molecule has 3 rings (SSSR count). The number of hydrogen-bond acceptors (Lipinski definition) is 3. The summed E-state index contributed by atoms with van der Waals surface area (Å²) in [6.07, 6.45) is 1.66. The molecule has 0 unspecified atom stereocenters. The van der Waals surface area contributed by atoms with Crippen LogP contribution in [0.1, 0.15) is 44.6 Å². The Kier molecular flexibility index (Phi) is 3.78. The van der Waals surface area contributed by atoms with Crippen molar-refractivity contribution in [2.45, 2.75) is 39.0 Å². The summed E-state index contributed by atoms with van der Waals surface area (Å²) in [7, 11) is 3.41. The molecule has 0 N–H and O–H groups in total. The molecule has 1 aromatic rings. The van der Waals surface area contributed by atoms with E-state index in [9.17, 15) is 9.59 Å². The summed E-state index contributed by atoms with van der Waals surface area (Å²) < 4.78 is 5.20. The first-order chi connectivity index (χ1) is 10.8. The first kappa shape index (κ1) is 15.8. The van der Waals surface area contributed by atoms with Crippen molar-refractivity contribution < 1.29 is 14.3 Å². The maximum absolute atomic E-state index is 12.8. The van der Waals surface area contributed by atoms with E-state index in [1.807, 2.05) is 24.3 Å². The van der Waals surface area contributed by atoms with Crippen LogP contribution in [0.3, 0.4) is 0 Å². The van der Waals surface area contributed by atoms with E-state index in [0.717, 1.165) is 29.0 Å². The van der Waals surface area contributed by atoms with E-state index in [-0.39, 0.29) is 23.0 Å². The number of nitrogens with zero attached hydrogens (tertiary/aromatic N) is 1. The van der Waals surface area contributed by atoms with Crippen LogP contribution in [0.4, 0.5) is 0 Å². The molecule has 0 bridgehead atoms. The largest absolute Gasteiger partial charge is 0.497 e. The summed E-state index contributed by atoms with van der Waals surface area (Å²) in [5.41, 5.74) is 2.65. The number of benzene rings is 1. The normalized spacial score (nSPS) is 23.8. The van der Waals surface area contributed by atoms with Gasteiger partial charge in [-0.3, -0.25) is 9.59 Å². The Bertz CT molecular complexity index is 685. The Morgan fingerprint density at radius 1 is 1.13 bits per heavy atom. The van der Waals surface area contributed by atoms with Crippen molar-refractivity contribution in [3.05, 3.63) is 41.1 Å². The maximum atomic E-state index is 12.8. The first-order valence-electron chi connectivity index (χ1n) is 7.99. The second-order valence-electron chi connectivity index (χ2n) is 7.28. The zero-order valence-corrected chi connectivity index (χ0v) is 14.2. The summed E-state index contributed by atoms with van der Waals surface area (Å²) in [5.74, 6) is 0.896. The van der Waals surface area contributed by atoms with Gasteiger partial charge in [0.25, 0.3) is 0 Å². The van der Waals surface area contributed by atoms with Crippen LogP contribution in [0.15, 0.2) is 35.5 Å². The Morgan fingerprint density at radius 2 is 1.78 bits per heavy atom. The molecule has 0 radical (unpaired) electrons. The highest BCUT2D eigenvalue weighted by Gasteiger charge is 2.42. The van der Waals surface area contributed by atoms with Gasteiger partial charge in [0, 0.05) is 37.1 Å². The molecule has 1 atom stereocenters. The molecule has 0 saturated carbocycles. The zero-order valence-electron chi connectivity index (χ0n) is 14.2. The molecule has 1 aliphatic carbocycles. The van der Waals surface area contributed by atoms with Gasteiger partial charge in [0.15, 0.2) is 5.78 Å². The third-order valence-electron chi connectivity index (χ3n) is 4.92. The average molecular weight is 313 g/mol. The van der Waals surface area contributed by atoms with Crippen LogP contribution in [0, 0.1) is 5.41 Å². The topological polar surface area (TPSA) is 46.6 Å². The molecule has 2 aliphatic rings. The highest BCUT2D eigenvalue weighted by Crippen LogP contribution is 2.46. The number of amides is 1. The average Bonchev–Trinajstić information content (AvgIpc) is 2.50. The molecule has 4 nitrogen and oxygen atoms in total. The van der Waals surface area contributed by atoms with Crippen molar-refractivity contribution in [3.8, 4) is 5.75 Å². The summed E-state index contributed by atoms with van der Waals surface area (Å²) in [6, 6.07) is 7.69. The Balaban J connectivity index is 2.07. The number of Topliss-reactive ketones (excluding diaryl/α,β-unsaturated/α-hetero) is 1. The summed E-state index contributed by atoms with van der Waals surface area (Å²) in [6.45, 7) is 4.17. The molecule has 0 saturated heterocycles. The number of ether oxygens (including phenoxy) is 1. The third-order valence-corrected chi connectivity index (χ3v) is 4.92. The van der Waals surface area contributed by atoms with Gasteiger partial charge < -0.3 is 9.64 Å². The first-order valence-corrected chi connectivity index (χ1v) is 7.99. The van der Waals surface area contributed by atoms with Crippen molar-refractivity contribution in [2.75, 3.05) is 14.2 Å². The van der Waals surface area contributed by atoms with Gasteiger partial charge >= 0.3 is 0 Å². The van der Waals surface area contributed by atoms with Gasteiger partial charge in [0.2, 0.25) is 5.91 Å². The van der Waals surface area contributed by atoms with Gasteiger partial charge in [0.05, 0.1) is 7.11 Å². The van der Waals surface area contributed by atoms with Crippen LogP contribution in [0.5, 0.6) is 5.75 Å². The van der Waals surface area contributed by atoms with Crippen molar-refractivity contribution in [2.24, 2.45) is 5.41 Å². The number of carbonyl (C=O) groups excluding carboxylic acids is 2. The van der Waals surface area contributed by atoms with E-state index in [1.165, 1.54) is 0 Å². The Labute approximate surface area is 137 Å². The van der Waals surface area contributed by atoms with E-state index >= 15 is 0 Å². The lowest BCUT2D eigenvalue weighted by Crippen LogP contribution is -2.41. The van der Waals surface area contributed by atoms with E-state index in [4.69, 9.17) is 4.74 Å². The van der Waals surface area contributed by atoms with Crippen molar-refractivity contribution in [3.63, 3.8) is 0 Å². The number of carbonyl (C=O) groups is 2. The third kappa shape index (κ3) is 2.78. The fourth-order valence-corrected chi connectivity index (χ4v) is 3.68. The maximum Gasteiger partial charge on any atom is 0.227 e. The van der Waals surface area contributed by atoms with Gasteiger partial charge in [0.1, 0.15) is 5.75 Å². The van der Waals surface area contributed by atoms with Gasteiger partial charge in [-0.2, -0.15) is 0 Å². The summed E-state index contributed by atoms with van der Waals surface area (Å²) in [5, 5.41) is 0. The van der Waals surface area contributed by atoms with E-state index in [1.54, 1.807) is 19.1 Å². The van der Waals surface area contributed by atoms with Gasteiger partial charge in [-0.1, -0.05) is 26.0 Å². The minimum absolute atomic E-state index is 0.0788. The quantitative estimate of drug-likeness (QED) is 0.842. The number of allylic oxidation sites excluding steroid dienone is 2. The van der Waals surface area contributed by atoms with Crippen LogP contribution in [-0.2, 0) is 9.59 Å². The molecule has 1 aliphatic heterocycles. The zero-order chi connectivity index (χ0) is 16.8. The lowest BCUT2D eigenvalue weighted by molar-refractivity contribution is -0.130. The van der Waals surface area contributed by atoms with Gasteiger partial charge in [-0.15, -0.1) is 0 Å². The van der Waals surface area contributed by atoms with Crippen molar-refractivity contribution in [1.82, 2.24) is 4.90 Å². The van der Waals surface area contributed by atoms with E-state index < -0.39 is 0 Å². The predicted molar refractivity (Wildman–Crippen MR) is 88.2 cm³/mol. The Morgan fingerprint density at radius 3 is 2.39 bits per heavy atom. The fourth-order valence-electron chi connectivity index (χ4n) is 3.68. The standard InChI is InChI=1S/C19H23NO3/c1-19(2)10-15-18(16(21)11-19)14(9-17(22)20(15)3)12-5-7-13(23-4)8-6-12/h5-8,14H,9-11H2,1-4H3/t14-/m1/s1. The van der Waals surface area contributed by atoms with Crippen LogP contribution in [0.2, 0.25) is 0 Å². The molecule has 0 aromatic heterocycles. The number of hydrogen-bond donors (Lipinski definition) is 0. The highest BCUT2D eigenvalue weighted by molar-refractivity contribution is 6.02.